The molecule has 0 heterocycles. The fraction of sp³-hybridized carbons (Fsp3) is 0.231. The lowest BCUT2D eigenvalue weighted by molar-refractivity contribution is 0.0940. The van der Waals surface area contributed by atoms with Crippen molar-refractivity contribution in [3.05, 3.63) is 89.5 Å². The van der Waals surface area contributed by atoms with Gasteiger partial charge in [0.2, 0.25) is 0 Å². The zero-order valence-electron chi connectivity index (χ0n) is 18.6. The van der Waals surface area contributed by atoms with Crippen molar-refractivity contribution in [3.63, 3.8) is 0 Å². The summed E-state index contributed by atoms with van der Waals surface area (Å²) in [5.74, 6) is 0.481. The van der Waals surface area contributed by atoms with Gasteiger partial charge in [-0.15, -0.1) is 0 Å². The van der Waals surface area contributed by atoms with Gasteiger partial charge >= 0.3 is 0 Å². The lowest BCUT2D eigenvalue weighted by Gasteiger charge is -2.17. The molecule has 3 rings (SSSR count). The van der Waals surface area contributed by atoms with E-state index in [0.717, 1.165) is 5.56 Å². The second-order valence-corrected chi connectivity index (χ2v) is 7.13. The molecule has 32 heavy (non-hydrogen) atoms. The molecule has 2 N–H and O–H groups in total. The molecule has 0 fully saturated rings. The van der Waals surface area contributed by atoms with Gasteiger partial charge in [-0.2, -0.15) is 0 Å². The Morgan fingerprint density at radius 3 is 2.19 bits per heavy atom. The van der Waals surface area contributed by atoms with Crippen LogP contribution >= 0.6 is 0 Å². The quantitative estimate of drug-likeness (QED) is 0.486. The Kier molecular flexibility index (Phi) is 7.86. The number of rotatable bonds is 9. The molecule has 1 atom stereocenters. The number of amides is 2. The second-order valence-electron chi connectivity index (χ2n) is 7.13. The molecule has 0 aliphatic heterocycles. The first-order chi connectivity index (χ1) is 15.5. The van der Waals surface area contributed by atoms with Gasteiger partial charge in [-0.25, -0.2) is 0 Å². The van der Waals surface area contributed by atoms with Crippen LogP contribution in [0.5, 0.6) is 11.5 Å². The Hall–Kier alpha value is -3.80. The van der Waals surface area contributed by atoms with Gasteiger partial charge in [0, 0.05) is 5.56 Å². The number of carbonyl (C=O) groups excluding carboxylic acids is 2. The molecule has 166 valence electrons. The molecule has 0 aliphatic carbocycles. The molecule has 0 saturated heterocycles. The standard InChI is InChI=1S/C26H28N2O4/c1-4-31-23-16-15-20(17-24(23)32-5-2)25(29)28-22-14-10-9-13-21(22)26(30)27-18(3)19-11-7-6-8-12-19/h6-18H,4-5H2,1-3H3,(H,27,30)(H,28,29)/t18-/m0/s1. The van der Waals surface area contributed by atoms with E-state index in [1.807, 2.05) is 51.1 Å². The Morgan fingerprint density at radius 1 is 0.812 bits per heavy atom. The molecule has 6 heteroatoms. The Balaban J connectivity index is 1.78. The zero-order valence-corrected chi connectivity index (χ0v) is 18.6. The molecule has 3 aromatic carbocycles. The molecule has 0 radical (unpaired) electrons. The predicted octanol–water partition coefficient (Wildman–Crippen LogP) is 5.23. The number of anilines is 1. The maximum absolute atomic E-state index is 12.9. The molecule has 2 amide bonds. The van der Waals surface area contributed by atoms with Crippen LogP contribution in [0.4, 0.5) is 5.69 Å². The second kappa shape index (κ2) is 11.0. The molecule has 3 aromatic rings. The molecule has 0 unspecified atom stereocenters. The van der Waals surface area contributed by atoms with Gasteiger partial charge in [0.15, 0.2) is 11.5 Å². The average molecular weight is 433 g/mol. The van der Waals surface area contributed by atoms with Crippen LogP contribution in [0.25, 0.3) is 0 Å². The van der Waals surface area contributed by atoms with Crippen molar-refractivity contribution in [3.8, 4) is 11.5 Å². The number of benzene rings is 3. The zero-order chi connectivity index (χ0) is 22.9. The SMILES string of the molecule is CCOc1ccc(C(=O)Nc2ccccc2C(=O)N[C@@H](C)c2ccccc2)cc1OCC. The van der Waals surface area contributed by atoms with Crippen molar-refractivity contribution in [2.45, 2.75) is 26.8 Å². The van der Waals surface area contributed by atoms with Gasteiger partial charge in [0.05, 0.1) is 30.5 Å². The van der Waals surface area contributed by atoms with Crippen LogP contribution in [-0.4, -0.2) is 25.0 Å². The number of carbonyl (C=O) groups is 2. The first kappa shape index (κ1) is 22.9. The van der Waals surface area contributed by atoms with E-state index in [0.29, 0.717) is 41.5 Å². The maximum Gasteiger partial charge on any atom is 0.255 e. The third-order valence-corrected chi connectivity index (χ3v) is 4.87. The van der Waals surface area contributed by atoms with E-state index in [-0.39, 0.29) is 17.9 Å². The van der Waals surface area contributed by atoms with E-state index >= 15 is 0 Å². The highest BCUT2D eigenvalue weighted by molar-refractivity contribution is 6.09. The summed E-state index contributed by atoms with van der Waals surface area (Å²) in [4.78, 5) is 25.8. The minimum Gasteiger partial charge on any atom is -0.490 e. The molecule has 0 aliphatic rings. The van der Waals surface area contributed by atoms with Crippen LogP contribution in [0.1, 0.15) is 53.1 Å². The molecule has 0 saturated carbocycles. The van der Waals surface area contributed by atoms with Crippen molar-refractivity contribution in [1.82, 2.24) is 5.32 Å². The monoisotopic (exact) mass is 432 g/mol. The van der Waals surface area contributed by atoms with Crippen molar-refractivity contribution in [2.75, 3.05) is 18.5 Å². The minimum atomic E-state index is -0.342. The van der Waals surface area contributed by atoms with Gasteiger partial charge < -0.3 is 20.1 Å². The van der Waals surface area contributed by atoms with Crippen LogP contribution in [0.2, 0.25) is 0 Å². The molecule has 0 aromatic heterocycles. The minimum absolute atomic E-state index is 0.174. The predicted molar refractivity (Wildman–Crippen MR) is 125 cm³/mol. The topological polar surface area (TPSA) is 76.7 Å². The van der Waals surface area contributed by atoms with Crippen LogP contribution in [0.3, 0.4) is 0 Å². The lowest BCUT2D eigenvalue weighted by Crippen LogP contribution is -2.28. The third-order valence-electron chi connectivity index (χ3n) is 4.87. The number of para-hydroxylation sites is 1. The summed E-state index contributed by atoms with van der Waals surface area (Å²) in [6.07, 6.45) is 0. The van der Waals surface area contributed by atoms with E-state index in [1.165, 1.54) is 0 Å². The Bertz CT molecular complexity index is 1070. The van der Waals surface area contributed by atoms with Gasteiger partial charge in [0.25, 0.3) is 11.8 Å². The number of hydrogen-bond acceptors (Lipinski definition) is 4. The highest BCUT2D eigenvalue weighted by Gasteiger charge is 2.17. The number of ether oxygens (including phenoxy) is 2. The van der Waals surface area contributed by atoms with Crippen LogP contribution in [0.15, 0.2) is 72.8 Å². The summed E-state index contributed by atoms with van der Waals surface area (Å²) in [5.41, 5.74) is 2.23. The van der Waals surface area contributed by atoms with Crippen molar-refractivity contribution in [2.24, 2.45) is 0 Å². The van der Waals surface area contributed by atoms with Gasteiger partial charge in [0.1, 0.15) is 0 Å². The van der Waals surface area contributed by atoms with E-state index in [2.05, 4.69) is 10.6 Å². The summed E-state index contributed by atoms with van der Waals surface area (Å²) in [5, 5.41) is 5.83. The maximum atomic E-state index is 12.9. The summed E-state index contributed by atoms with van der Waals surface area (Å²) < 4.78 is 11.2. The highest BCUT2D eigenvalue weighted by atomic mass is 16.5. The summed E-state index contributed by atoms with van der Waals surface area (Å²) in [7, 11) is 0. The van der Waals surface area contributed by atoms with Gasteiger partial charge in [-0.3, -0.25) is 9.59 Å². The largest absolute Gasteiger partial charge is 0.490 e. The third kappa shape index (κ3) is 5.66. The van der Waals surface area contributed by atoms with Gasteiger partial charge in [-0.1, -0.05) is 42.5 Å². The fourth-order valence-corrected chi connectivity index (χ4v) is 3.28. The van der Waals surface area contributed by atoms with Gasteiger partial charge in [-0.05, 0) is 56.7 Å². The van der Waals surface area contributed by atoms with E-state index < -0.39 is 0 Å². The Morgan fingerprint density at radius 2 is 1.47 bits per heavy atom. The number of nitrogens with one attached hydrogen (secondary N) is 2. The molecule has 0 bridgehead atoms. The van der Waals surface area contributed by atoms with Crippen LogP contribution in [0, 0.1) is 0 Å². The number of hydrogen-bond donors (Lipinski definition) is 2. The van der Waals surface area contributed by atoms with E-state index in [9.17, 15) is 9.59 Å². The first-order valence-electron chi connectivity index (χ1n) is 10.7. The molecular formula is C26H28N2O4. The molecular weight excluding hydrogens is 404 g/mol. The van der Waals surface area contributed by atoms with Crippen molar-refractivity contribution >= 4 is 17.5 Å². The summed E-state index contributed by atoms with van der Waals surface area (Å²) >= 11 is 0. The Labute approximate surface area is 188 Å². The van der Waals surface area contributed by atoms with E-state index in [4.69, 9.17) is 9.47 Å². The summed E-state index contributed by atoms with van der Waals surface area (Å²) in [6.45, 7) is 6.62. The molecule has 6 nitrogen and oxygen atoms in total. The normalized spacial score (nSPS) is 11.3. The van der Waals surface area contributed by atoms with Crippen LogP contribution in [-0.2, 0) is 0 Å². The molecule has 0 spiro atoms. The smallest absolute Gasteiger partial charge is 0.255 e. The average Bonchev–Trinajstić information content (AvgIpc) is 2.81. The van der Waals surface area contributed by atoms with Crippen molar-refractivity contribution < 1.29 is 19.1 Å². The van der Waals surface area contributed by atoms with Crippen LogP contribution < -0.4 is 20.1 Å². The lowest BCUT2D eigenvalue weighted by atomic mass is 10.1. The summed E-state index contributed by atoms with van der Waals surface area (Å²) in [6, 6.07) is 21.5. The van der Waals surface area contributed by atoms with Crippen molar-refractivity contribution in [1.29, 1.82) is 0 Å². The van der Waals surface area contributed by atoms with E-state index in [1.54, 1.807) is 42.5 Å². The highest BCUT2D eigenvalue weighted by Crippen LogP contribution is 2.29. The fourth-order valence-electron chi connectivity index (χ4n) is 3.28. The first-order valence-corrected chi connectivity index (χ1v) is 10.7.